The van der Waals surface area contributed by atoms with Crippen molar-refractivity contribution >= 4 is 34.9 Å². The van der Waals surface area contributed by atoms with Crippen molar-refractivity contribution in [3.63, 3.8) is 0 Å². The van der Waals surface area contributed by atoms with Gasteiger partial charge in [0, 0.05) is 25.5 Å². The van der Waals surface area contributed by atoms with Crippen molar-refractivity contribution in [2.45, 2.75) is 0 Å². The molecule has 1 amide bonds. The standard InChI is InChI=1S/C17H16ClFN2O3/c1-21(2)13-5-3-4-11(8-13)17(23)24-10-16(22)20-12-6-7-15(19)14(18)9-12/h3-9H,10H2,1-2H3,(H,20,22). The van der Waals surface area contributed by atoms with Gasteiger partial charge in [0.2, 0.25) is 0 Å². The monoisotopic (exact) mass is 350 g/mol. The van der Waals surface area contributed by atoms with Crippen LogP contribution in [0.15, 0.2) is 42.5 Å². The van der Waals surface area contributed by atoms with Crippen LogP contribution >= 0.6 is 11.6 Å². The van der Waals surface area contributed by atoms with Gasteiger partial charge in [0.25, 0.3) is 5.91 Å². The SMILES string of the molecule is CN(C)c1cccc(C(=O)OCC(=O)Nc2ccc(F)c(Cl)c2)c1. The highest BCUT2D eigenvalue weighted by Crippen LogP contribution is 2.19. The van der Waals surface area contributed by atoms with E-state index in [1.807, 2.05) is 25.1 Å². The smallest absolute Gasteiger partial charge is 0.338 e. The van der Waals surface area contributed by atoms with E-state index in [0.717, 1.165) is 11.8 Å². The third kappa shape index (κ3) is 4.70. The van der Waals surface area contributed by atoms with Gasteiger partial charge in [0.1, 0.15) is 5.82 Å². The van der Waals surface area contributed by atoms with E-state index >= 15 is 0 Å². The quantitative estimate of drug-likeness (QED) is 0.840. The minimum atomic E-state index is -0.606. The Hall–Kier alpha value is -2.60. The molecule has 2 aromatic rings. The number of amides is 1. The topological polar surface area (TPSA) is 58.6 Å². The number of hydrogen-bond donors (Lipinski definition) is 1. The predicted molar refractivity (Wildman–Crippen MR) is 91.1 cm³/mol. The molecule has 1 N–H and O–H groups in total. The Balaban J connectivity index is 1.92. The molecule has 0 heterocycles. The maximum atomic E-state index is 13.0. The Kier molecular flexibility index (Phi) is 5.76. The molecule has 0 bridgehead atoms. The molecule has 5 nitrogen and oxygen atoms in total. The molecule has 0 saturated heterocycles. The van der Waals surface area contributed by atoms with Crippen molar-refractivity contribution in [1.82, 2.24) is 0 Å². The number of rotatable bonds is 5. The van der Waals surface area contributed by atoms with Gasteiger partial charge in [-0.2, -0.15) is 0 Å². The summed E-state index contributed by atoms with van der Waals surface area (Å²) in [5.41, 5.74) is 1.51. The van der Waals surface area contributed by atoms with Crippen molar-refractivity contribution < 1.29 is 18.7 Å². The number of carbonyl (C=O) groups excluding carboxylic acids is 2. The molecule has 0 fully saturated rings. The summed E-state index contributed by atoms with van der Waals surface area (Å²) in [4.78, 5) is 25.6. The van der Waals surface area contributed by atoms with Gasteiger partial charge in [-0.3, -0.25) is 4.79 Å². The van der Waals surface area contributed by atoms with E-state index in [1.54, 1.807) is 18.2 Å². The number of esters is 1. The van der Waals surface area contributed by atoms with Gasteiger partial charge in [-0.25, -0.2) is 9.18 Å². The van der Waals surface area contributed by atoms with E-state index in [0.29, 0.717) is 11.3 Å². The fraction of sp³-hybridized carbons (Fsp3) is 0.176. The van der Waals surface area contributed by atoms with Crippen LogP contribution in [0, 0.1) is 5.82 Å². The third-order valence-electron chi connectivity index (χ3n) is 3.14. The first kappa shape index (κ1) is 17.7. The Bertz CT molecular complexity index is 765. The Morgan fingerprint density at radius 1 is 1.21 bits per heavy atom. The second-order valence-electron chi connectivity index (χ2n) is 5.20. The average molecular weight is 351 g/mol. The van der Waals surface area contributed by atoms with Gasteiger partial charge < -0.3 is 15.0 Å². The maximum absolute atomic E-state index is 13.0. The lowest BCUT2D eigenvalue weighted by Gasteiger charge is -2.13. The summed E-state index contributed by atoms with van der Waals surface area (Å²) < 4.78 is 18.0. The van der Waals surface area contributed by atoms with Gasteiger partial charge in [-0.05, 0) is 36.4 Å². The summed E-state index contributed by atoms with van der Waals surface area (Å²) in [7, 11) is 3.71. The van der Waals surface area contributed by atoms with Crippen LogP contribution in [0.2, 0.25) is 5.02 Å². The highest BCUT2D eigenvalue weighted by molar-refractivity contribution is 6.31. The summed E-state index contributed by atoms with van der Waals surface area (Å²) in [6.45, 7) is -0.458. The second-order valence-corrected chi connectivity index (χ2v) is 5.61. The van der Waals surface area contributed by atoms with E-state index in [9.17, 15) is 14.0 Å². The molecule has 2 aromatic carbocycles. The van der Waals surface area contributed by atoms with Crippen LogP contribution in [0.3, 0.4) is 0 Å². The summed E-state index contributed by atoms with van der Waals surface area (Å²) in [5.74, 6) is -1.73. The van der Waals surface area contributed by atoms with Crippen LogP contribution in [0.1, 0.15) is 10.4 Å². The molecule has 2 rings (SSSR count). The zero-order valence-corrected chi connectivity index (χ0v) is 13.9. The minimum absolute atomic E-state index is 0.106. The van der Waals surface area contributed by atoms with Gasteiger partial charge in [-0.15, -0.1) is 0 Å². The van der Waals surface area contributed by atoms with Crippen LogP contribution in [0.4, 0.5) is 15.8 Å². The van der Waals surface area contributed by atoms with Crippen LogP contribution in [0.5, 0.6) is 0 Å². The lowest BCUT2D eigenvalue weighted by molar-refractivity contribution is -0.119. The Morgan fingerprint density at radius 3 is 2.62 bits per heavy atom. The number of anilines is 2. The van der Waals surface area contributed by atoms with E-state index in [2.05, 4.69) is 5.32 Å². The summed E-state index contributed by atoms with van der Waals surface area (Å²) in [5, 5.41) is 2.36. The first-order valence-electron chi connectivity index (χ1n) is 7.06. The number of halogens is 2. The zero-order valence-electron chi connectivity index (χ0n) is 13.2. The van der Waals surface area contributed by atoms with E-state index in [4.69, 9.17) is 16.3 Å². The summed E-state index contributed by atoms with van der Waals surface area (Å²) >= 11 is 5.63. The molecule has 0 aliphatic rings. The lowest BCUT2D eigenvalue weighted by atomic mass is 10.2. The Morgan fingerprint density at radius 2 is 1.96 bits per heavy atom. The van der Waals surface area contributed by atoms with Gasteiger partial charge in [0.05, 0.1) is 10.6 Å². The van der Waals surface area contributed by atoms with Crippen molar-refractivity contribution in [1.29, 1.82) is 0 Å². The molecular formula is C17H16ClFN2O3. The molecule has 24 heavy (non-hydrogen) atoms. The van der Waals surface area contributed by atoms with Crippen LogP contribution in [-0.2, 0) is 9.53 Å². The van der Waals surface area contributed by atoms with Gasteiger partial charge >= 0.3 is 5.97 Å². The van der Waals surface area contributed by atoms with Crippen LogP contribution in [-0.4, -0.2) is 32.6 Å². The molecule has 0 spiro atoms. The normalized spacial score (nSPS) is 10.2. The molecule has 7 heteroatoms. The Labute approximate surface area is 144 Å². The number of carbonyl (C=O) groups is 2. The van der Waals surface area contributed by atoms with Crippen LogP contribution in [0.25, 0.3) is 0 Å². The molecule has 126 valence electrons. The number of nitrogens with one attached hydrogen (secondary N) is 1. The molecule has 0 radical (unpaired) electrons. The first-order valence-corrected chi connectivity index (χ1v) is 7.44. The van der Waals surface area contributed by atoms with Crippen LogP contribution < -0.4 is 10.2 Å². The van der Waals surface area contributed by atoms with Crippen molar-refractivity contribution in [2.24, 2.45) is 0 Å². The first-order chi connectivity index (χ1) is 11.4. The molecule has 0 aliphatic carbocycles. The molecular weight excluding hydrogens is 335 g/mol. The largest absolute Gasteiger partial charge is 0.452 e. The molecule has 0 aliphatic heterocycles. The molecule has 0 atom stereocenters. The van der Waals surface area contributed by atoms with E-state index < -0.39 is 24.3 Å². The zero-order chi connectivity index (χ0) is 17.7. The highest BCUT2D eigenvalue weighted by atomic mass is 35.5. The molecule has 0 saturated carbocycles. The predicted octanol–water partition coefficient (Wildman–Crippen LogP) is 3.34. The minimum Gasteiger partial charge on any atom is -0.452 e. The fourth-order valence-corrected chi connectivity index (χ4v) is 2.08. The summed E-state index contributed by atoms with van der Waals surface area (Å²) in [6, 6.07) is 10.6. The molecule has 0 aromatic heterocycles. The van der Waals surface area contributed by atoms with Crippen molar-refractivity contribution in [2.75, 3.05) is 30.9 Å². The van der Waals surface area contributed by atoms with Crippen molar-refractivity contribution in [3.8, 4) is 0 Å². The highest BCUT2D eigenvalue weighted by Gasteiger charge is 2.12. The maximum Gasteiger partial charge on any atom is 0.338 e. The average Bonchev–Trinajstić information content (AvgIpc) is 2.56. The lowest BCUT2D eigenvalue weighted by Crippen LogP contribution is -2.21. The fourth-order valence-electron chi connectivity index (χ4n) is 1.90. The number of nitrogens with zero attached hydrogens (tertiary/aromatic N) is 1. The summed E-state index contributed by atoms with van der Waals surface area (Å²) in [6.07, 6.45) is 0. The van der Waals surface area contributed by atoms with Gasteiger partial charge in [-0.1, -0.05) is 17.7 Å². The number of benzene rings is 2. The van der Waals surface area contributed by atoms with E-state index in [1.165, 1.54) is 12.1 Å². The molecule has 0 unspecified atom stereocenters. The number of ether oxygens (including phenoxy) is 1. The van der Waals surface area contributed by atoms with Gasteiger partial charge in [0.15, 0.2) is 6.61 Å². The van der Waals surface area contributed by atoms with E-state index in [-0.39, 0.29) is 5.02 Å². The third-order valence-corrected chi connectivity index (χ3v) is 3.43. The van der Waals surface area contributed by atoms with Crippen molar-refractivity contribution in [3.05, 3.63) is 58.9 Å². The number of hydrogen-bond acceptors (Lipinski definition) is 4. The second kappa shape index (κ2) is 7.79.